The van der Waals surface area contributed by atoms with E-state index in [0.29, 0.717) is 23.7 Å². The van der Waals surface area contributed by atoms with Gasteiger partial charge in [0, 0.05) is 19.6 Å². The van der Waals surface area contributed by atoms with E-state index in [9.17, 15) is 9.59 Å². The third-order valence-electron chi connectivity index (χ3n) is 5.34. The summed E-state index contributed by atoms with van der Waals surface area (Å²) in [5, 5.41) is 3.10. The number of nitrogens with one attached hydrogen (secondary N) is 1. The van der Waals surface area contributed by atoms with E-state index in [1.54, 1.807) is 43.4 Å². The van der Waals surface area contributed by atoms with Gasteiger partial charge in [-0.05, 0) is 43.0 Å². The van der Waals surface area contributed by atoms with Gasteiger partial charge in [0.05, 0.1) is 17.5 Å². The van der Waals surface area contributed by atoms with Gasteiger partial charge >= 0.3 is 0 Å². The largest absolute Gasteiger partial charge is 0.459 e. The second-order valence-electron chi connectivity index (χ2n) is 7.07. The molecule has 3 rings (SSSR count). The Morgan fingerprint density at radius 1 is 1.19 bits per heavy atom. The molecule has 1 heterocycles. The highest BCUT2D eigenvalue weighted by Crippen LogP contribution is 2.27. The van der Waals surface area contributed by atoms with Gasteiger partial charge in [-0.25, -0.2) is 0 Å². The molecule has 2 amide bonds. The third kappa shape index (κ3) is 4.39. The van der Waals surface area contributed by atoms with Gasteiger partial charge in [0.25, 0.3) is 11.8 Å². The minimum Gasteiger partial charge on any atom is -0.459 e. The van der Waals surface area contributed by atoms with Crippen molar-refractivity contribution in [2.45, 2.75) is 38.1 Å². The van der Waals surface area contributed by atoms with Crippen LogP contribution >= 0.6 is 0 Å². The number of hydrogen-bond donors (Lipinski definition) is 2. The van der Waals surface area contributed by atoms with Crippen LogP contribution in [0.1, 0.15) is 53.0 Å². The molecule has 2 aromatic rings. The van der Waals surface area contributed by atoms with Gasteiger partial charge in [-0.3, -0.25) is 9.59 Å². The van der Waals surface area contributed by atoms with E-state index in [2.05, 4.69) is 5.32 Å². The number of hydrogen-bond acceptors (Lipinski definition) is 4. The smallest absolute Gasteiger partial charge is 0.293 e. The first-order valence-electron chi connectivity index (χ1n) is 9.53. The van der Waals surface area contributed by atoms with Crippen LogP contribution in [0.15, 0.2) is 47.1 Å². The lowest BCUT2D eigenvalue weighted by Gasteiger charge is -2.30. The Hall–Kier alpha value is -2.60. The van der Waals surface area contributed by atoms with Gasteiger partial charge < -0.3 is 20.4 Å². The summed E-state index contributed by atoms with van der Waals surface area (Å²) < 4.78 is 5.19. The molecule has 1 aliphatic carbocycles. The predicted octanol–water partition coefficient (Wildman–Crippen LogP) is 3.19. The molecule has 1 aromatic heterocycles. The molecule has 27 heavy (non-hydrogen) atoms. The lowest BCUT2D eigenvalue weighted by atomic mass is 9.84. The Kier molecular flexibility index (Phi) is 6.29. The lowest BCUT2D eigenvalue weighted by Crippen LogP contribution is -2.46. The Balaban J connectivity index is 1.78. The molecule has 144 valence electrons. The zero-order valence-electron chi connectivity index (χ0n) is 15.7. The molecule has 1 aliphatic rings. The number of para-hydroxylation sites is 1. The van der Waals surface area contributed by atoms with Crippen LogP contribution in [-0.2, 0) is 0 Å². The van der Waals surface area contributed by atoms with E-state index >= 15 is 0 Å². The van der Waals surface area contributed by atoms with Crippen LogP contribution in [0.2, 0.25) is 0 Å². The van der Waals surface area contributed by atoms with Crippen molar-refractivity contribution < 1.29 is 14.0 Å². The molecule has 1 saturated carbocycles. The van der Waals surface area contributed by atoms with Crippen LogP contribution in [-0.4, -0.2) is 31.4 Å². The highest BCUT2D eigenvalue weighted by molar-refractivity contribution is 6.09. The lowest BCUT2D eigenvalue weighted by molar-refractivity contribution is 0.0916. The van der Waals surface area contributed by atoms with Crippen LogP contribution < -0.4 is 16.0 Å². The minimum absolute atomic E-state index is 0.0445. The molecule has 1 unspecified atom stereocenters. The second kappa shape index (κ2) is 8.86. The van der Waals surface area contributed by atoms with Crippen molar-refractivity contribution in [3.05, 3.63) is 54.0 Å². The molecular weight excluding hydrogens is 342 g/mol. The molecule has 1 fully saturated rings. The highest BCUT2D eigenvalue weighted by Gasteiger charge is 2.26. The first kappa shape index (κ1) is 19.2. The van der Waals surface area contributed by atoms with Gasteiger partial charge in [-0.15, -0.1) is 0 Å². The number of amides is 2. The highest BCUT2D eigenvalue weighted by atomic mass is 16.3. The number of rotatable bonds is 6. The maximum absolute atomic E-state index is 13.0. The Bertz CT molecular complexity index is 767. The third-order valence-corrected chi connectivity index (χ3v) is 5.34. The van der Waals surface area contributed by atoms with Crippen LogP contribution in [0.5, 0.6) is 0 Å². The number of benzene rings is 1. The van der Waals surface area contributed by atoms with Crippen molar-refractivity contribution >= 4 is 17.5 Å². The zero-order chi connectivity index (χ0) is 19.2. The number of carbonyl (C=O) groups is 2. The van der Waals surface area contributed by atoms with Gasteiger partial charge in [0.2, 0.25) is 0 Å². The molecule has 3 N–H and O–H groups in total. The monoisotopic (exact) mass is 369 g/mol. The summed E-state index contributed by atoms with van der Waals surface area (Å²) in [7, 11) is 1.64. The molecule has 0 radical (unpaired) electrons. The number of anilines is 1. The molecule has 1 atom stereocenters. The fourth-order valence-electron chi connectivity index (χ4n) is 3.78. The minimum atomic E-state index is -0.303. The van der Waals surface area contributed by atoms with Crippen LogP contribution in [0.25, 0.3) is 0 Å². The normalized spacial score (nSPS) is 15.9. The van der Waals surface area contributed by atoms with Crippen molar-refractivity contribution in [2.24, 2.45) is 11.7 Å². The van der Waals surface area contributed by atoms with E-state index in [1.807, 2.05) is 0 Å². The Morgan fingerprint density at radius 3 is 2.59 bits per heavy atom. The van der Waals surface area contributed by atoms with E-state index in [4.69, 9.17) is 10.2 Å². The summed E-state index contributed by atoms with van der Waals surface area (Å²) in [6, 6.07) is 10.3. The van der Waals surface area contributed by atoms with Gasteiger partial charge in [-0.1, -0.05) is 31.4 Å². The van der Waals surface area contributed by atoms with Gasteiger partial charge in [0.1, 0.15) is 0 Å². The van der Waals surface area contributed by atoms with Crippen molar-refractivity contribution in [1.29, 1.82) is 0 Å². The molecule has 1 aromatic carbocycles. The van der Waals surface area contributed by atoms with Crippen molar-refractivity contribution in [1.82, 2.24) is 5.32 Å². The fourth-order valence-corrected chi connectivity index (χ4v) is 3.78. The Labute approximate surface area is 159 Å². The van der Waals surface area contributed by atoms with E-state index in [1.165, 1.54) is 30.4 Å². The predicted molar refractivity (Wildman–Crippen MR) is 105 cm³/mol. The zero-order valence-corrected chi connectivity index (χ0v) is 15.7. The van der Waals surface area contributed by atoms with Gasteiger partial charge in [0.15, 0.2) is 5.76 Å². The number of nitrogens with two attached hydrogens (primary N) is 1. The quantitative estimate of drug-likeness (QED) is 0.818. The average Bonchev–Trinajstić information content (AvgIpc) is 3.26. The van der Waals surface area contributed by atoms with Crippen LogP contribution in [0.4, 0.5) is 5.69 Å². The molecule has 0 saturated heterocycles. The summed E-state index contributed by atoms with van der Waals surface area (Å²) in [5.41, 5.74) is 6.94. The summed E-state index contributed by atoms with van der Waals surface area (Å²) in [6.45, 7) is 0.416. The first-order valence-corrected chi connectivity index (χ1v) is 9.53. The van der Waals surface area contributed by atoms with Crippen molar-refractivity contribution in [3.63, 3.8) is 0 Å². The summed E-state index contributed by atoms with van der Waals surface area (Å²) >= 11 is 0. The van der Waals surface area contributed by atoms with Crippen molar-refractivity contribution in [3.8, 4) is 0 Å². The SMILES string of the molecule is CN(C(=O)c1ccco1)c1ccccc1C(=O)NC(CN)C1CCCCC1. The molecule has 6 heteroatoms. The van der Waals surface area contributed by atoms with Crippen LogP contribution in [0.3, 0.4) is 0 Å². The summed E-state index contributed by atoms with van der Waals surface area (Å²) in [4.78, 5) is 27.0. The molecule has 0 spiro atoms. The fraction of sp³-hybridized carbons (Fsp3) is 0.429. The first-order chi connectivity index (χ1) is 13.1. The van der Waals surface area contributed by atoms with Crippen LogP contribution in [0, 0.1) is 5.92 Å². The second-order valence-corrected chi connectivity index (χ2v) is 7.07. The number of nitrogens with zero attached hydrogens (tertiary/aromatic N) is 1. The molecule has 6 nitrogen and oxygen atoms in total. The van der Waals surface area contributed by atoms with Crippen molar-refractivity contribution in [2.75, 3.05) is 18.5 Å². The maximum atomic E-state index is 13.0. The molecular formula is C21H27N3O3. The van der Waals surface area contributed by atoms with Gasteiger partial charge in [-0.2, -0.15) is 0 Å². The standard InChI is InChI=1S/C21H27N3O3/c1-24(21(26)19-12-7-13-27-19)18-11-6-5-10-16(18)20(25)23-17(14-22)15-8-3-2-4-9-15/h5-7,10-13,15,17H,2-4,8-9,14,22H2,1H3,(H,23,25). The number of furan rings is 1. The van der Waals surface area contributed by atoms with E-state index in [-0.39, 0.29) is 23.6 Å². The summed E-state index contributed by atoms with van der Waals surface area (Å²) in [5.74, 6) is 0.144. The number of carbonyl (C=O) groups excluding carboxylic acids is 2. The summed E-state index contributed by atoms with van der Waals surface area (Å²) in [6.07, 6.45) is 7.28. The average molecular weight is 369 g/mol. The maximum Gasteiger partial charge on any atom is 0.293 e. The molecule has 0 bridgehead atoms. The molecule has 0 aliphatic heterocycles. The van der Waals surface area contributed by atoms with E-state index in [0.717, 1.165) is 12.8 Å². The topological polar surface area (TPSA) is 88.6 Å². The Morgan fingerprint density at radius 2 is 1.93 bits per heavy atom. The van der Waals surface area contributed by atoms with E-state index < -0.39 is 0 Å².